The van der Waals surface area contributed by atoms with Gasteiger partial charge in [-0.2, -0.15) is 0 Å². The summed E-state index contributed by atoms with van der Waals surface area (Å²) >= 11 is 0. The molecule has 0 radical (unpaired) electrons. The summed E-state index contributed by atoms with van der Waals surface area (Å²) in [6.45, 7) is 3.64. The van der Waals surface area contributed by atoms with E-state index in [1.807, 2.05) is 6.92 Å². The smallest absolute Gasteiger partial charge is 0.337 e. The number of aromatic nitrogens is 2. The van der Waals surface area contributed by atoms with Crippen molar-refractivity contribution in [2.75, 3.05) is 0 Å². The Bertz CT molecular complexity index is 1060. The Morgan fingerprint density at radius 2 is 2.00 bits per heavy atom. The number of amides is 1. The summed E-state index contributed by atoms with van der Waals surface area (Å²) in [5.74, 6) is -1.50. The Hall–Kier alpha value is -3.22. The molecule has 28 heavy (non-hydrogen) atoms. The van der Waals surface area contributed by atoms with Gasteiger partial charge in [-0.3, -0.25) is 9.78 Å². The summed E-state index contributed by atoms with van der Waals surface area (Å²) in [5.41, 5.74) is 3.25. The number of hydrogen-bond donors (Lipinski definition) is 3. The van der Waals surface area contributed by atoms with Crippen molar-refractivity contribution in [3.8, 4) is 0 Å². The van der Waals surface area contributed by atoms with Crippen LogP contribution in [0, 0.1) is 25.6 Å². The molecule has 144 valence electrons. The van der Waals surface area contributed by atoms with Gasteiger partial charge in [0.25, 0.3) is 5.91 Å². The van der Waals surface area contributed by atoms with Gasteiger partial charge in [0.1, 0.15) is 11.5 Å². The largest absolute Gasteiger partial charge is 0.478 e. The normalized spacial score (nSPS) is 14.8. The first-order chi connectivity index (χ1) is 13.3. The lowest BCUT2D eigenvalue weighted by Crippen LogP contribution is -2.31. The van der Waals surface area contributed by atoms with E-state index in [1.165, 1.54) is 18.3 Å². The lowest BCUT2D eigenvalue weighted by atomic mass is 10.0. The number of carboxylic acids is 1. The van der Waals surface area contributed by atoms with Crippen LogP contribution in [0.25, 0.3) is 10.9 Å². The minimum Gasteiger partial charge on any atom is -0.478 e. The molecule has 7 heteroatoms. The van der Waals surface area contributed by atoms with E-state index in [0.717, 1.165) is 24.0 Å². The van der Waals surface area contributed by atoms with Gasteiger partial charge < -0.3 is 15.4 Å². The number of carboxylic acid groups (broad SMARTS) is 1. The molecule has 0 aliphatic heterocycles. The molecule has 1 unspecified atom stereocenters. The van der Waals surface area contributed by atoms with Gasteiger partial charge in [0, 0.05) is 11.6 Å². The molecular formula is C21H20FN3O3. The highest BCUT2D eigenvalue weighted by atomic mass is 19.1. The number of carbonyl (C=O) groups excluding carboxylic acids is 1. The van der Waals surface area contributed by atoms with E-state index < -0.39 is 5.97 Å². The number of nitrogens with zero attached hydrogens (tertiary/aromatic N) is 1. The highest BCUT2D eigenvalue weighted by molar-refractivity contribution is 5.99. The minimum absolute atomic E-state index is 0.115. The number of fused-ring (bicyclic) bond motifs is 1. The average Bonchev–Trinajstić information content (AvgIpc) is 3.39. The van der Waals surface area contributed by atoms with Gasteiger partial charge in [-0.1, -0.05) is 6.07 Å². The highest BCUT2D eigenvalue weighted by Crippen LogP contribution is 2.41. The van der Waals surface area contributed by atoms with Gasteiger partial charge in [0.15, 0.2) is 0 Å². The molecule has 2 aromatic heterocycles. The third-order valence-electron chi connectivity index (χ3n) is 5.23. The van der Waals surface area contributed by atoms with Gasteiger partial charge >= 0.3 is 5.97 Å². The summed E-state index contributed by atoms with van der Waals surface area (Å²) in [4.78, 5) is 31.3. The number of aromatic carboxylic acids is 1. The van der Waals surface area contributed by atoms with Crippen molar-refractivity contribution in [1.82, 2.24) is 15.3 Å². The number of nitrogens with one attached hydrogen (secondary N) is 2. The standard InChI is InChI=1S/C21H20FN3O3/c1-10-3-6-15(22)14-8-16(24-17(10)14)20(26)25-19(12-4-5-12)18-11(2)7-13(9-23-18)21(27)28/h3,6-9,12,19,24H,4-5H2,1-2H3,(H,25,26)(H,27,28). The fourth-order valence-electron chi connectivity index (χ4n) is 3.53. The monoisotopic (exact) mass is 381 g/mol. The fraction of sp³-hybridized carbons (Fsp3) is 0.286. The molecule has 0 saturated heterocycles. The Labute approximate surface area is 160 Å². The highest BCUT2D eigenvalue weighted by Gasteiger charge is 2.35. The lowest BCUT2D eigenvalue weighted by Gasteiger charge is -2.19. The first-order valence-corrected chi connectivity index (χ1v) is 9.13. The number of carbonyl (C=O) groups is 2. The van der Waals surface area contributed by atoms with Crippen LogP contribution in [0.1, 0.15) is 56.6 Å². The number of aryl methyl sites for hydroxylation is 2. The first kappa shape index (κ1) is 18.2. The summed E-state index contributed by atoms with van der Waals surface area (Å²) in [6, 6.07) is 5.82. The maximum absolute atomic E-state index is 14.1. The minimum atomic E-state index is -1.04. The Balaban J connectivity index is 1.64. The summed E-state index contributed by atoms with van der Waals surface area (Å²) in [5, 5.41) is 12.5. The predicted molar refractivity (Wildman–Crippen MR) is 102 cm³/mol. The van der Waals surface area contributed by atoms with Crippen molar-refractivity contribution in [1.29, 1.82) is 0 Å². The Morgan fingerprint density at radius 1 is 1.25 bits per heavy atom. The molecule has 3 N–H and O–H groups in total. The molecule has 1 atom stereocenters. The fourth-order valence-corrected chi connectivity index (χ4v) is 3.53. The van der Waals surface area contributed by atoms with Gasteiger partial charge in [-0.05, 0) is 61.9 Å². The third kappa shape index (κ3) is 3.24. The summed E-state index contributed by atoms with van der Waals surface area (Å²) in [6.07, 6.45) is 3.24. The molecule has 1 aliphatic rings. The van der Waals surface area contributed by atoms with Gasteiger partial charge in [-0.25, -0.2) is 9.18 Å². The number of halogens is 1. The van der Waals surface area contributed by atoms with Crippen LogP contribution >= 0.6 is 0 Å². The molecular weight excluding hydrogens is 361 g/mol. The van der Waals surface area contributed by atoms with Crippen molar-refractivity contribution >= 4 is 22.8 Å². The number of H-pyrrole nitrogens is 1. The second-order valence-corrected chi connectivity index (χ2v) is 7.36. The van der Waals surface area contributed by atoms with Crippen LogP contribution in [-0.2, 0) is 0 Å². The van der Waals surface area contributed by atoms with Crippen molar-refractivity contribution in [2.24, 2.45) is 5.92 Å². The molecule has 3 aromatic rings. The average molecular weight is 381 g/mol. The van der Waals surface area contributed by atoms with E-state index in [1.54, 1.807) is 19.1 Å². The molecule has 1 saturated carbocycles. The summed E-state index contributed by atoms with van der Waals surface area (Å²) in [7, 11) is 0. The molecule has 1 aromatic carbocycles. The van der Waals surface area contributed by atoms with Crippen molar-refractivity contribution in [3.63, 3.8) is 0 Å². The topological polar surface area (TPSA) is 95.1 Å². The zero-order valence-corrected chi connectivity index (χ0v) is 15.5. The third-order valence-corrected chi connectivity index (χ3v) is 5.23. The van der Waals surface area contributed by atoms with E-state index in [2.05, 4.69) is 15.3 Å². The van der Waals surface area contributed by atoms with E-state index >= 15 is 0 Å². The number of hydrogen-bond acceptors (Lipinski definition) is 3. The van der Waals surface area contributed by atoms with Crippen LogP contribution < -0.4 is 5.32 Å². The molecule has 1 amide bonds. The van der Waals surface area contributed by atoms with E-state index in [0.29, 0.717) is 16.6 Å². The van der Waals surface area contributed by atoms with E-state index in [4.69, 9.17) is 5.11 Å². The first-order valence-electron chi connectivity index (χ1n) is 9.13. The second kappa shape index (κ2) is 6.74. The SMILES string of the molecule is Cc1cc(C(=O)O)cnc1C(NC(=O)c1cc2c(F)ccc(C)c2[nH]1)C1CC1. The second-order valence-electron chi connectivity index (χ2n) is 7.36. The Morgan fingerprint density at radius 3 is 2.61 bits per heavy atom. The molecule has 1 fully saturated rings. The zero-order valence-electron chi connectivity index (χ0n) is 15.5. The maximum Gasteiger partial charge on any atom is 0.337 e. The lowest BCUT2D eigenvalue weighted by molar-refractivity contribution is 0.0695. The number of pyridine rings is 1. The summed E-state index contributed by atoms with van der Waals surface area (Å²) < 4.78 is 14.1. The molecule has 2 heterocycles. The van der Waals surface area contributed by atoms with Crippen LogP contribution in [0.5, 0.6) is 0 Å². The van der Waals surface area contributed by atoms with Crippen molar-refractivity contribution in [3.05, 3.63) is 64.4 Å². The van der Waals surface area contributed by atoms with Gasteiger partial charge in [0.05, 0.1) is 22.8 Å². The van der Waals surface area contributed by atoms with Crippen LogP contribution in [0.4, 0.5) is 4.39 Å². The van der Waals surface area contributed by atoms with Crippen LogP contribution in [0.2, 0.25) is 0 Å². The van der Waals surface area contributed by atoms with Crippen molar-refractivity contribution < 1.29 is 19.1 Å². The van der Waals surface area contributed by atoms with Gasteiger partial charge in [-0.15, -0.1) is 0 Å². The zero-order chi connectivity index (χ0) is 20.0. The molecule has 1 aliphatic carbocycles. The number of benzene rings is 1. The van der Waals surface area contributed by atoms with Crippen LogP contribution in [-0.4, -0.2) is 27.0 Å². The Kier molecular flexibility index (Phi) is 4.37. The number of rotatable bonds is 5. The van der Waals surface area contributed by atoms with E-state index in [-0.39, 0.29) is 34.9 Å². The van der Waals surface area contributed by atoms with Crippen molar-refractivity contribution in [2.45, 2.75) is 32.7 Å². The van der Waals surface area contributed by atoms with Crippen LogP contribution in [0.15, 0.2) is 30.5 Å². The quantitative estimate of drug-likeness (QED) is 0.625. The van der Waals surface area contributed by atoms with Gasteiger partial charge in [0.2, 0.25) is 0 Å². The van der Waals surface area contributed by atoms with E-state index in [9.17, 15) is 14.0 Å². The molecule has 6 nitrogen and oxygen atoms in total. The number of aromatic amines is 1. The molecule has 4 rings (SSSR count). The molecule has 0 spiro atoms. The maximum atomic E-state index is 14.1. The molecule has 0 bridgehead atoms. The van der Waals surface area contributed by atoms with Crippen LogP contribution in [0.3, 0.4) is 0 Å². The predicted octanol–water partition coefficient (Wildman–Crippen LogP) is 3.90.